The highest BCUT2D eigenvalue weighted by Gasteiger charge is 2.35. The zero-order valence-electron chi connectivity index (χ0n) is 13.2. The molecule has 1 N–H and O–H groups in total. The first kappa shape index (κ1) is 14.8. The van der Waals surface area contributed by atoms with Crippen LogP contribution in [0, 0.1) is 0 Å². The van der Waals surface area contributed by atoms with E-state index in [1.807, 2.05) is 48.5 Å². The van der Waals surface area contributed by atoms with Gasteiger partial charge in [-0.15, -0.1) is 0 Å². The Labute approximate surface area is 140 Å². The second-order valence-corrected chi connectivity index (χ2v) is 5.97. The lowest BCUT2D eigenvalue weighted by atomic mass is 9.92. The summed E-state index contributed by atoms with van der Waals surface area (Å²) < 4.78 is 5.73. The third kappa shape index (κ3) is 2.76. The van der Waals surface area contributed by atoms with Crippen molar-refractivity contribution in [2.75, 3.05) is 11.9 Å². The number of benzene rings is 2. The Balaban J connectivity index is 1.59. The van der Waals surface area contributed by atoms with Crippen LogP contribution in [0.5, 0.6) is 0 Å². The van der Waals surface area contributed by atoms with Gasteiger partial charge < -0.3 is 10.1 Å². The van der Waals surface area contributed by atoms with Crippen LogP contribution in [0.2, 0.25) is 0 Å². The fourth-order valence-electron chi connectivity index (χ4n) is 3.30. The van der Waals surface area contributed by atoms with E-state index < -0.39 is 6.10 Å². The Morgan fingerprint density at radius 2 is 1.88 bits per heavy atom. The minimum atomic E-state index is -0.466. The predicted octanol–water partition coefficient (Wildman–Crippen LogP) is 3.75. The summed E-state index contributed by atoms with van der Waals surface area (Å²) in [6.45, 7) is 0.603. The third-order valence-corrected chi connectivity index (χ3v) is 4.47. The molecule has 1 aliphatic heterocycles. The van der Waals surface area contributed by atoms with Gasteiger partial charge in [0.1, 0.15) is 6.10 Å². The number of fused-ring (bicyclic) bond motifs is 1. The molecule has 24 heavy (non-hydrogen) atoms. The molecule has 4 rings (SSSR count). The third-order valence-electron chi connectivity index (χ3n) is 4.47. The molecule has 1 aliphatic rings. The van der Waals surface area contributed by atoms with Crippen molar-refractivity contribution in [1.82, 2.24) is 4.98 Å². The fraction of sp³-hybridized carbons (Fsp3) is 0.200. The topological polar surface area (TPSA) is 51.2 Å². The lowest BCUT2D eigenvalue weighted by Gasteiger charge is -2.19. The lowest BCUT2D eigenvalue weighted by molar-refractivity contribution is -0.125. The van der Waals surface area contributed by atoms with Crippen LogP contribution in [0.3, 0.4) is 0 Å². The van der Waals surface area contributed by atoms with Gasteiger partial charge in [0.15, 0.2) is 0 Å². The molecule has 1 fully saturated rings. The number of carbonyl (C=O) groups excluding carboxylic acids is 1. The standard InChI is InChI=1S/C20H18N2O2/c23-20(19-16(11-13-24-19)14-6-2-1-3-7-14)22-17-10-4-8-15-9-5-12-21-18(15)17/h1-10,12,16,19H,11,13H2,(H,22,23)/t16-,19-/m0/s1. The average Bonchev–Trinajstić information content (AvgIpc) is 3.13. The maximum absolute atomic E-state index is 12.8. The first-order valence-corrected chi connectivity index (χ1v) is 8.14. The number of ether oxygens (including phenoxy) is 1. The summed E-state index contributed by atoms with van der Waals surface area (Å²) in [5.74, 6) is -0.0198. The van der Waals surface area contributed by atoms with Gasteiger partial charge in [-0.05, 0) is 24.1 Å². The Bertz CT molecular complexity index is 858. The molecule has 0 radical (unpaired) electrons. The van der Waals surface area contributed by atoms with E-state index in [1.54, 1.807) is 6.20 Å². The normalized spacial score (nSPS) is 20.2. The highest BCUT2D eigenvalue weighted by Crippen LogP contribution is 2.32. The summed E-state index contributed by atoms with van der Waals surface area (Å²) in [5, 5.41) is 4.00. The van der Waals surface area contributed by atoms with Crippen LogP contribution in [0.25, 0.3) is 10.9 Å². The Morgan fingerprint density at radius 1 is 1.04 bits per heavy atom. The molecule has 4 nitrogen and oxygen atoms in total. The summed E-state index contributed by atoms with van der Waals surface area (Å²) in [4.78, 5) is 17.2. The molecule has 0 saturated carbocycles. The smallest absolute Gasteiger partial charge is 0.254 e. The van der Waals surface area contributed by atoms with Crippen LogP contribution < -0.4 is 5.32 Å². The molecule has 2 heterocycles. The molecule has 120 valence electrons. The summed E-state index contributed by atoms with van der Waals surface area (Å²) in [7, 11) is 0. The van der Waals surface area contributed by atoms with E-state index >= 15 is 0 Å². The number of anilines is 1. The van der Waals surface area contributed by atoms with Gasteiger partial charge in [-0.3, -0.25) is 9.78 Å². The van der Waals surface area contributed by atoms with Crippen LogP contribution in [-0.4, -0.2) is 23.6 Å². The van der Waals surface area contributed by atoms with Gasteiger partial charge in [-0.1, -0.05) is 48.5 Å². The number of rotatable bonds is 3. The zero-order chi connectivity index (χ0) is 16.4. The van der Waals surface area contributed by atoms with E-state index in [4.69, 9.17) is 4.74 Å². The second kappa shape index (κ2) is 6.42. The number of para-hydroxylation sites is 1. The maximum Gasteiger partial charge on any atom is 0.254 e. The van der Waals surface area contributed by atoms with Crippen LogP contribution in [0.15, 0.2) is 66.9 Å². The Kier molecular flexibility index (Phi) is 3.97. The lowest BCUT2D eigenvalue weighted by Crippen LogP contribution is -2.31. The van der Waals surface area contributed by atoms with Gasteiger partial charge >= 0.3 is 0 Å². The monoisotopic (exact) mass is 318 g/mol. The van der Waals surface area contributed by atoms with Gasteiger partial charge in [-0.2, -0.15) is 0 Å². The molecule has 2 aromatic carbocycles. The van der Waals surface area contributed by atoms with Crippen molar-refractivity contribution in [2.24, 2.45) is 0 Å². The number of hydrogen-bond acceptors (Lipinski definition) is 3. The molecular weight excluding hydrogens is 300 g/mol. The predicted molar refractivity (Wildman–Crippen MR) is 93.9 cm³/mol. The minimum absolute atomic E-state index is 0.0918. The van der Waals surface area contributed by atoms with E-state index in [0.29, 0.717) is 6.61 Å². The largest absolute Gasteiger partial charge is 0.368 e. The van der Waals surface area contributed by atoms with Crippen molar-refractivity contribution in [1.29, 1.82) is 0 Å². The molecule has 4 heteroatoms. The van der Waals surface area contributed by atoms with E-state index in [9.17, 15) is 4.79 Å². The van der Waals surface area contributed by atoms with Gasteiger partial charge in [0.05, 0.1) is 11.2 Å². The van der Waals surface area contributed by atoms with E-state index in [-0.39, 0.29) is 11.8 Å². The maximum atomic E-state index is 12.8. The van der Waals surface area contributed by atoms with Crippen LogP contribution in [0.1, 0.15) is 17.9 Å². The van der Waals surface area contributed by atoms with Crippen LogP contribution in [-0.2, 0) is 9.53 Å². The fourth-order valence-corrected chi connectivity index (χ4v) is 3.30. The molecule has 1 aromatic heterocycles. The number of aromatic nitrogens is 1. The van der Waals surface area contributed by atoms with Gasteiger partial charge in [0.25, 0.3) is 5.91 Å². The van der Waals surface area contributed by atoms with Crippen LogP contribution in [0.4, 0.5) is 5.69 Å². The number of carbonyl (C=O) groups is 1. The van der Waals surface area contributed by atoms with Crippen LogP contribution >= 0.6 is 0 Å². The Morgan fingerprint density at radius 3 is 2.75 bits per heavy atom. The molecule has 1 saturated heterocycles. The number of nitrogens with one attached hydrogen (secondary N) is 1. The minimum Gasteiger partial charge on any atom is -0.368 e. The first-order valence-electron chi connectivity index (χ1n) is 8.14. The highest BCUT2D eigenvalue weighted by molar-refractivity contribution is 6.02. The zero-order valence-corrected chi connectivity index (χ0v) is 13.2. The summed E-state index contributed by atoms with van der Waals surface area (Å²) in [5.41, 5.74) is 2.66. The summed E-state index contributed by atoms with van der Waals surface area (Å²) in [6.07, 6.45) is 2.12. The van der Waals surface area contributed by atoms with Crippen molar-refractivity contribution >= 4 is 22.5 Å². The SMILES string of the molecule is O=C(Nc1cccc2cccnc12)[C@H]1OCC[C@H]1c1ccccc1. The second-order valence-electron chi connectivity index (χ2n) is 5.97. The number of amides is 1. The van der Waals surface area contributed by atoms with Crippen molar-refractivity contribution in [2.45, 2.75) is 18.4 Å². The molecule has 2 atom stereocenters. The molecule has 0 unspecified atom stereocenters. The van der Waals surface area contributed by atoms with Crippen molar-refractivity contribution in [3.05, 3.63) is 72.4 Å². The number of nitrogens with zero attached hydrogens (tertiary/aromatic N) is 1. The van der Waals surface area contributed by atoms with E-state index in [0.717, 1.165) is 28.6 Å². The average molecular weight is 318 g/mol. The quantitative estimate of drug-likeness (QED) is 0.800. The van der Waals surface area contributed by atoms with Crippen molar-refractivity contribution in [3.8, 4) is 0 Å². The van der Waals surface area contributed by atoms with E-state index in [2.05, 4.69) is 22.4 Å². The molecule has 0 bridgehead atoms. The molecule has 0 aliphatic carbocycles. The number of hydrogen-bond donors (Lipinski definition) is 1. The first-order chi connectivity index (χ1) is 11.8. The van der Waals surface area contributed by atoms with Gasteiger partial charge in [0.2, 0.25) is 0 Å². The van der Waals surface area contributed by atoms with Gasteiger partial charge in [0, 0.05) is 24.1 Å². The van der Waals surface area contributed by atoms with Crippen molar-refractivity contribution in [3.63, 3.8) is 0 Å². The molecule has 1 amide bonds. The molecule has 0 spiro atoms. The van der Waals surface area contributed by atoms with E-state index in [1.165, 1.54) is 0 Å². The Hall–Kier alpha value is -2.72. The highest BCUT2D eigenvalue weighted by atomic mass is 16.5. The summed E-state index contributed by atoms with van der Waals surface area (Å²) >= 11 is 0. The molecular formula is C20H18N2O2. The van der Waals surface area contributed by atoms with Gasteiger partial charge in [-0.25, -0.2) is 0 Å². The summed E-state index contributed by atoms with van der Waals surface area (Å²) in [6, 6.07) is 19.7. The number of pyridine rings is 1. The molecule has 3 aromatic rings. The van der Waals surface area contributed by atoms with Crippen molar-refractivity contribution < 1.29 is 9.53 Å².